The van der Waals surface area contributed by atoms with E-state index in [2.05, 4.69) is 15.6 Å². The fourth-order valence-corrected chi connectivity index (χ4v) is 2.80. The van der Waals surface area contributed by atoms with Crippen LogP contribution in [0.1, 0.15) is 19.3 Å². The van der Waals surface area contributed by atoms with Gasteiger partial charge in [-0.25, -0.2) is 4.39 Å². The molecular formula is C19H32FIN4O2. The molecular weight excluding hydrogens is 462 g/mol. The lowest BCUT2D eigenvalue weighted by Gasteiger charge is -2.20. The molecule has 2 N–H and O–H groups in total. The third-order valence-corrected chi connectivity index (χ3v) is 4.31. The van der Waals surface area contributed by atoms with Crippen LogP contribution in [0, 0.1) is 5.82 Å². The lowest BCUT2D eigenvalue weighted by atomic mass is 10.2. The molecule has 2 rings (SSSR count). The molecule has 6 nitrogen and oxygen atoms in total. The number of halogens is 2. The third kappa shape index (κ3) is 9.07. The van der Waals surface area contributed by atoms with Gasteiger partial charge >= 0.3 is 0 Å². The number of nitrogens with zero attached hydrogens (tertiary/aromatic N) is 2. The number of para-hydroxylation sites is 1. The number of aliphatic imine (C=N–C) groups is 1. The fourth-order valence-electron chi connectivity index (χ4n) is 2.80. The molecule has 1 unspecified atom stereocenters. The third-order valence-electron chi connectivity index (χ3n) is 4.31. The van der Waals surface area contributed by atoms with Gasteiger partial charge in [-0.05, 0) is 31.4 Å². The fraction of sp³-hybridized carbons (Fsp3) is 0.632. The number of hydrogen-bond acceptors (Lipinski definition) is 4. The van der Waals surface area contributed by atoms with Gasteiger partial charge in [-0.1, -0.05) is 12.1 Å². The minimum absolute atomic E-state index is 0. The SMILES string of the molecule is CN=C(NCCCOC1CCOC1)NCCCN(C)c1ccccc1F.I. The van der Waals surface area contributed by atoms with Gasteiger partial charge in [0, 0.05) is 46.9 Å². The highest BCUT2D eigenvalue weighted by atomic mass is 127. The molecule has 1 aromatic rings. The van der Waals surface area contributed by atoms with E-state index in [1.807, 2.05) is 18.0 Å². The predicted octanol–water partition coefficient (Wildman–Crippen LogP) is 2.63. The maximum atomic E-state index is 13.7. The summed E-state index contributed by atoms with van der Waals surface area (Å²) in [6.45, 7) is 4.61. The maximum Gasteiger partial charge on any atom is 0.190 e. The Morgan fingerprint density at radius 2 is 2.04 bits per heavy atom. The van der Waals surface area contributed by atoms with Gasteiger partial charge in [0.15, 0.2) is 5.96 Å². The first-order valence-electron chi connectivity index (χ1n) is 9.30. The van der Waals surface area contributed by atoms with Crippen molar-refractivity contribution in [3.63, 3.8) is 0 Å². The zero-order valence-electron chi connectivity index (χ0n) is 16.2. The van der Waals surface area contributed by atoms with Crippen molar-refractivity contribution in [2.24, 2.45) is 4.99 Å². The number of benzene rings is 1. The Morgan fingerprint density at radius 3 is 2.70 bits per heavy atom. The first kappa shape index (κ1) is 23.9. The first-order valence-corrected chi connectivity index (χ1v) is 9.30. The number of anilines is 1. The molecule has 1 atom stereocenters. The topological polar surface area (TPSA) is 58.1 Å². The monoisotopic (exact) mass is 494 g/mol. The maximum absolute atomic E-state index is 13.7. The molecule has 1 fully saturated rings. The van der Waals surface area contributed by atoms with Gasteiger partial charge in [-0.3, -0.25) is 4.99 Å². The number of guanidine groups is 1. The average molecular weight is 494 g/mol. The zero-order chi connectivity index (χ0) is 18.6. The minimum atomic E-state index is -0.188. The van der Waals surface area contributed by atoms with E-state index in [9.17, 15) is 4.39 Å². The molecule has 1 saturated heterocycles. The van der Waals surface area contributed by atoms with Crippen LogP contribution in [0.4, 0.5) is 10.1 Å². The Hall–Kier alpha value is -1.13. The van der Waals surface area contributed by atoms with Crippen LogP contribution < -0.4 is 15.5 Å². The van der Waals surface area contributed by atoms with Gasteiger partial charge in [0.1, 0.15) is 5.82 Å². The van der Waals surface area contributed by atoms with E-state index in [0.717, 1.165) is 64.7 Å². The number of rotatable bonds is 10. The molecule has 8 heteroatoms. The summed E-state index contributed by atoms with van der Waals surface area (Å²) in [6.07, 6.45) is 3.07. The molecule has 1 aromatic carbocycles. The van der Waals surface area contributed by atoms with Crippen molar-refractivity contribution in [3.05, 3.63) is 30.1 Å². The van der Waals surface area contributed by atoms with Crippen LogP contribution in [0.15, 0.2) is 29.3 Å². The largest absolute Gasteiger partial charge is 0.379 e. The highest BCUT2D eigenvalue weighted by Gasteiger charge is 2.15. The molecule has 0 bridgehead atoms. The van der Waals surface area contributed by atoms with Crippen molar-refractivity contribution in [1.82, 2.24) is 10.6 Å². The summed E-state index contributed by atoms with van der Waals surface area (Å²) in [4.78, 5) is 6.14. The lowest BCUT2D eigenvalue weighted by Crippen LogP contribution is -2.39. The summed E-state index contributed by atoms with van der Waals surface area (Å²) in [7, 11) is 3.66. The normalized spacial score (nSPS) is 16.7. The Labute approximate surface area is 178 Å². The van der Waals surface area contributed by atoms with E-state index < -0.39 is 0 Å². The summed E-state index contributed by atoms with van der Waals surface area (Å²) >= 11 is 0. The van der Waals surface area contributed by atoms with Gasteiger partial charge in [0.25, 0.3) is 0 Å². The molecule has 27 heavy (non-hydrogen) atoms. The summed E-state index contributed by atoms with van der Waals surface area (Å²) in [5, 5.41) is 6.56. The summed E-state index contributed by atoms with van der Waals surface area (Å²) in [6, 6.07) is 6.83. The predicted molar refractivity (Wildman–Crippen MR) is 119 cm³/mol. The molecule has 1 heterocycles. The highest BCUT2D eigenvalue weighted by Crippen LogP contribution is 2.16. The van der Waals surface area contributed by atoms with Crippen LogP contribution >= 0.6 is 24.0 Å². The molecule has 0 aromatic heterocycles. The second-order valence-corrected chi connectivity index (χ2v) is 6.36. The molecule has 0 spiro atoms. The molecule has 0 radical (unpaired) electrons. The average Bonchev–Trinajstić information content (AvgIpc) is 3.16. The van der Waals surface area contributed by atoms with E-state index in [-0.39, 0.29) is 35.9 Å². The van der Waals surface area contributed by atoms with Gasteiger partial charge in [-0.15, -0.1) is 24.0 Å². The van der Waals surface area contributed by atoms with Crippen LogP contribution in [0.3, 0.4) is 0 Å². The number of ether oxygens (including phenoxy) is 2. The van der Waals surface area contributed by atoms with Gasteiger partial charge in [0.2, 0.25) is 0 Å². The Kier molecular flexibility index (Phi) is 12.4. The van der Waals surface area contributed by atoms with E-state index >= 15 is 0 Å². The van der Waals surface area contributed by atoms with Gasteiger partial charge in [-0.2, -0.15) is 0 Å². The standard InChI is InChI=1S/C19H31FN4O2.HI/c1-21-19(23-11-6-13-26-16-9-14-25-15-16)22-10-5-12-24(2)18-8-4-3-7-17(18)20;/h3-4,7-8,16H,5-6,9-15H2,1-2H3,(H2,21,22,23);1H. The molecule has 0 saturated carbocycles. The van der Waals surface area contributed by atoms with Crippen molar-refractivity contribution < 1.29 is 13.9 Å². The van der Waals surface area contributed by atoms with Crippen molar-refractivity contribution in [2.45, 2.75) is 25.4 Å². The minimum Gasteiger partial charge on any atom is -0.379 e. The van der Waals surface area contributed by atoms with Crippen molar-refractivity contribution in [3.8, 4) is 0 Å². The lowest BCUT2D eigenvalue weighted by molar-refractivity contribution is 0.0420. The number of hydrogen-bond donors (Lipinski definition) is 2. The summed E-state index contributed by atoms with van der Waals surface area (Å²) in [5.41, 5.74) is 0.627. The highest BCUT2D eigenvalue weighted by molar-refractivity contribution is 14.0. The van der Waals surface area contributed by atoms with E-state index in [1.165, 1.54) is 6.07 Å². The van der Waals surface area contributed by atoms with E-state index in [0.29, 0.717) is 5.69 Å². The Balaban J connectivity index is 0.00000364. The Bertz CT molecular complexity index is 556. The van der Waals surface area contributed by atoms with E-state index in [4.69, 9.17) is 9.47 Å². The zero-order valence-corrected chi connectivity index (χ0v) is 18.6. The summed E-state index contributed by atoms with van der Waals surface area (Å²) in [5.74, 6) is 0.592. The van der Waals surface area contributed by atoms with Crippen LogP contribution in [-0.4, -0.2) is 65.6 Å². The van der Waals surface area contributed by atoms with Crippen molar-refractivity contribution in [2.75, 3.05) is 58.5 Å². The van der Waals surface area contributed by atoms with Crippen LogP contribution in [-0.2, 0) is 9.47 Å². The quantitative estimate of drug-likeness (QED) is 0.227. The summed E-state index contributed by atoms with van der Waals surface area (Å²) < 4.78 is 24.7. The Morgan fingerprint density at radius 1 is 1.30 bits per heavy atom. The molecule has 154 valence electrons. The van der Waals surface area contributed by atoms with E-state index in [1.54, 1.807) is 19.2 Å². The smallest absolute Gasteiger partial charge is 0.190 e. The number of nitrogens with one attached hydrogen (secondary N) is 2. The van der Waals surface area contributed by atoms with Crippen LogP contribution in [0.5, 0.6) is 0 Å². The molecule has 0 amide bonds. The molecule has 1 aliphatic heterocycles. The van der Waals surface area contributed by atoms with Crippen molar-refractivity contribution in [1.29, 1.82) is 0 Å². The first-order chi connectivity index (χ1) is 12.7. The van der Waals surface area contributed by atoms with Gasteiger partial charge < -0.3 is 25.0 Å². The second-order valence-electron chi connectivity index (χ2n) is 6.36. The van der Waals surface area contributed by atoms with Crippen molar-refractivity contribution >= 4 is 35.6 Å². The van der Waals surface area contributed by atoms with Gasteiger partial charge in [0.05, 0.1) is 18.4 Å². The second kappa shape index (κ2) is 14.0. The van der Waals surface area contributed by atoms with Crippen LogP contribution in [0.2, 0.25) is 0 Å². The van der Waals surface area contributed by atoms with Crippen LogP contribution in [0.25, 0.3) is 0 Å². The molecule has 1 aliphatic rings. The molecule has 0 aliphatic carbocycles.